The predicted molar refractivity (Wildman–Crippen MR) is 106 cm³/mol. The molecular formula is C19H22N2O3S2. The number of hydrogen-bond acceptors (Lipinski definition) is 4. The van der Waals surface area contributed by atoms with Crippen molar-refractivity contribution in [2.45, 2.75) is 41.6 Å². The van der Waals surface area contributed by atoms with Crippen molar-refractivity contribution in [1.29, 1.82) is 0 Å². The lowest BCUT2D eigenvalue weighted by atomic mass is 9.91. The molecule has 1 aliphatic carbocycles. The lowest BCUT2D eigenvalue weighted by molar-refractivity contribution is -0.115. The molecule has 26 heavy (non-hydrogen) atoms. The summed E-state index contributed by atoms with van der Waals surface area (Å²) in [4.78, 5) is 12.5. The Kier molecular flexibility index (Phi) is 5.70. The van der Waals surface area contributed by atoms with Crippen LogP contribution in [0.3, 0.4) is 0 Å². The number of nitrogens with two attached hydrogens (primary N) is 1. The third kappa shape index (κ3) is 4.47. The fourth-order valence-corrected chi connectivity index (χ4v) is 5.00. The Balaban J connectivity index is 1.64. The Labute approximate surface area is 158 Å². The molecule has 1 amide bonds. The molecule has 2 atom stereocenters. The van der Waals surface area contributed by atoms with Crippen LogP contribution in [-0.4, -0.2) is 19.6 Å². The van der Waals surface area contributed by atoms with Crippen LogP contribution in [0.2, 0.25) is 0 Å². The highest BCUT2D eigenvalue weighted by Crippen LogP contribution is 2.41. The molecule has 2 aromatic rings. The summed E-state index contributed by atoms with van der Waals surface area (Å²) in [7, 11) is -3.73. The molecular weight excluding hydrogens is 368 g/mol. The minimum absolute atomic E-state index is 0.0248. The molecule has 0 saturated heterocycles. The first-order valence-corrected chi connectivity index (χ1v) is 11.0. The second-order valence-corrected chi connectivity index (χ2v) is 9.53. The van der Waals surface area contributed by atoms with Crippen LogP contribution < -0.4 is 10.5 Å². The highest BCUT2D eigenvalue weighted by atomic mass is 32.2. The average molecular weight is 391 g/mol. The number of anilines is 1. The van der Waals surface area contributed by atoms with Gasteiger partial charge in [0.25, 0.3) is 0 Å². The van der Waals surface area contributed by atoms with Crippen LogP contribution in [0.5, 0.6) is 0 Å². The zero-order chi connectivity index (χ0) is 18.7. The monoisotopic (exact) mass is 390 g/mol. The van der Waals surface area contributed by atoms with E-state index in [0.29, 0.717) is 10.9 Å². The van der Waals surface area contributed by atoms with Crippen LogP contribution >= 0.6 is 11.8 Å². The highest BCUT2D eigenvalue weighted by Gasteiger charge is 2.25. The van der Waals surface area contributed by atoms with Crippen molar-refractivity contribution < 1.29 is 13.2 Å². The van der Waals surface area contributed by atoms with E-state index in [1.54, 1.807) is 23.9 Å². The number of sulfonamides is 1. The van der Waals surface area contributed by atoms with Gasteiger partial charge in [-0.1, -0.05) is 24.3 Å². The van der Waals surface area contributed by atoms with Crippen LogP contribution in [0, 0.1) is 0 Å². The summed E-state index contributed by atoms with van der Waals surface area (Å²) in [6.45, 7) is 1.90. The van der Waals surface area contributed by atoms with Gasteiger partial charge in [0, 0.05) is 10.9 Å². The summed E-state index contributed by atoms with van der Waals surface area (Å²) in [5.74, 6) is -0.0959. The van der Waals surface area contributed by atoms with E-state index in [9.17, 15) is 13.2 Å². The van der Waals surface area contributed by atoms with Gasteiger partial charge >= 0.3 is 0 Å². The Morgan fingerprint density at radius 2 is 1.88 bits per heavy atom. The SMILES string of the molecule is CC(SC1CCCc2ccccc21)C(=O)Nc1ccc(S(N)(=O)=O)cc1. The number of carbonyl (C=O) groups is 1. The van der Waals surface area contributed by atoms with Crippen molar-refractivity contribution in [3.8, 4) is 0 Å². The van der Waals surface area contributed by atoms with Crippen molar-refractivity contribution in [3.05, 3.63) is 59.7 Å². The van der Waals surface area contributed by atoms with Gasteiger partial charge in [-0.15, -0.1) is 11.8 Å². The quantitative estimate of drug-likeness (QED) is 0.818. The van der Waals surface area contributed by atoms with Gasteiger partial charge in [-0.2, -0.15) is 0 Å². The predicted octanol–water partition coefficient (Wildman–Crippen LogP) is 3.47. The number of aryl methyl sites for hydroxylation is 1. The Hall–Kier alpha value is -1.83. The molecule has 2 aromatic carbocycles. The summed E-state index contributed by atoms with van der Waals surface area (Å²) in [6, 6.07) is 14.3. The first kappa shape index (κ1) is 18.9. The second-order valence-electron chi connectivity index (χ2n) is 6.42. The van der Waals surface area contributed by atoms with Gasteiger partial charge in [-0.05, 0) is 61.6 Å². The summed E-state index contributed by atoms with van der Waals surface area (Å²) in [5, 5.41) is 8.03. The van der Waals surface area contributed by atoms with Crippen molar-refractivity contribution in [3.63, 3.8) is 0 Å². The number of carbonyl (C=O) groups excluding carboxylic acids is 1. The number of hydrogen-bond donors (Lipinski definition) is 2. The standard InChI is InChI=1S/C19H22N2O3S2/c1-13(25-18-8-4-6-14-5-2-3-7-17(14)18)19(22)21-15-9-11-16(12-10-15)26(20,23)24/h2-3,5,7,9-13,18H,4,6,8H2,1H3,(H,21,22)(H2,20,23,24). The maximum absolute atomic E-state index is 12.5. The van der Waals surface area contributed by atoms with E-state index in [1.165, 1.54) is 23.3 Å². The number of nitrogens with one attached hydrogen (secondary N) is 1. The van der Waals surface area contributed by atoms with E-state index in [2.05, 4.69) is 29.6 Å². The maximum Gasteiger partial charge on any atom is 0.238 e. The summed E-state index contributed by atoms with van der Waals surface area (Å²) in [6.07, 6.45) is 3.31. The largest absolute Gasteiger partial charge is 0.325 e. The van der Waals surface area contributed by atoms with Gasteiger partial charge in [-0.3, -0.25) is 4.79 Å². The first-order valence-electron chi connectivity index (χ1n) is 8.51. The van der Waals surface area contributed by atoms with E-state index >= 15 is 0 Å². The molecule has 0 spiro atoms. The lowest BCUT2D eigenvalue weighted by Gasteiger charge is -2.27. The van der Waals surface area contributed by atoms with E-state index < -0.39 is 10.0 Å². The smallest absolute Gasteiger partial charge is 0.238 e. The third-order valence-corrected chi connectivity index (χ3v) is 6.87. The molecule has 3 rings (SSSR count). The molecule has 138 valence electrons. The number of thioether (sulfide) groups is 1. The van der Waals surface area contributed by atoms with Crippen LogP contribution in [0.15, 0.2) is 53.4 Å². The van der Waals surface area contributed by atoms with Crippen molar-refractivity contribution >= 4 is 33.4 Å². The summed E-state index contributed by atoms with van der Waals surface area (Å²) in [5.41, 5.74) is 3.27. The second kappa shape index (κ2) is 7.82. The van der Waals surface area contributed by atoms with Crippen molar-refractivity contribution in [2.75, 3.05) is 5.32 Å². The normalized spacial score (nSPS) is 18.0. The molecule has 2 unspecified atom stereocenters. The summed E-state index contributed by atoms with van der Waals surface area (Å²) >= 11 is 1.67. The number of rotatable bonds is 5. The summed E-state index contributed by atoms with van der Waals surface area (Å²) < 4.78 is 22.6. The molecule has 0 heterocycles. The van der Waals surface area contributed by atoms with Gasteiger partial charge in [0.05, 0.1) is 10.1 Å². The molecule has 7 heteroatoms. The van der Waals surface area contributed by atoms with Gasteiger partial charge in [-0.25, -0.2) is 13.6 Å². The lowest BCUT2D eigenvalue weighted by Crippen LogP contribution is -2.24. The molecule has 0 radical (unpaired) electrons. The van der Waals surface area contributed by atoms with E-state index in [0.717, 1.165) is 19.3 Å². The fourth-order valence-electron chi connectivity index (χ4n) is 3.13. The molecule has 0 aliphatic heterocycles. The van der Waals surface area contributed by atoms with Crippen LogP contribution in [0.25, 0.3) is 0 Å². The van der Waals surface area contributed by atoms with Gasteiger partial charge < -0.3 is 5.32 Å². The van der Waals surface area contributed by atoms with E-state index in [4.69, 9.17) is 5.14 Å². The highest BCUT2D eigenvalue weighted by molar-refractivity contribution is 8.00. The minimum Gasteiger partial charge on any atom is -0.325 e. The number of amides is 1. The maximum atomic E-state index is 12.5. The first-order chi connectivity index (χ1) is 12.3. The average Bonchev–Trinajstić information content (AvgIpc) is 2.61. The third-order valence-electron chi connectivity index (χ3n) is 4.50. The van der Waals surface area contributed by atoms with Gasteiger partial charge in [0.15, 0.2) is 0 Å². The fraction of sp³-hybridized carbons (Fsp3) is 0.316. The zero-order valence-corrected chi connectivity index (χ0v) is 16.1. The molecule has 0 bridgehead atoms. The van der Waals surface area contributed by atoms with Crippen molar-refractivity contribution in [1.82, 2.24) is 0 Å². The topological polar surface area (TPSA) is 89.3 Å². The Morgan fingerprint density at radius 1 is 1.19 bits per heavy atom. The number of benzene rings is 2. The molecule has 3 N–H and O–H groups in total. The Morgan fingerprint density at radius 3 is 2.58 bits per heavy atom. The number of primary sulfonamides is 1. The molecule has 1 aliphatic rings. The van der Waals surface area contributed by atoms with Crippen LogP contribution in [0.4, 0.5) is 5.69 Å². The molecule has 0 fully saturated rings. The number of fused-ring (bicyclic) bond motifs is 1. The zero-order valence-electron chi connectivity index (χ0n) is 14.5. The van der Waals surface area contributed by atoms with Crippen LogP contribution in [-0.2, 0) is 21.2 Å². The Bertz CT molecular complexity index is 895. The van der Waals surface area contributed by atoms with E-state index in [-0.39, 0.29) is 16.1 Å². The molecule has 5 nitrogen and oxygen atoms in total. The molecule has 0 aromatic heterocycles. The minimum atomic E-state index is -3.73. The van der Waals surface area contributed by atoms with Gasteiger partial charge in [0.2, 0.25) is 15.9 Å². The van der Waals surface area contributed by atoms with Crippen LogP contribution in [0.1, 0.15) is 36.1 Å². The van der Waals surface area contributed by atoms with E-state index in [1.807, 2.05) is 6.92 Å². The van der Waals surface area contributed by atoms with Crippen molar-refractivity contribution in [2.24, 2.45) is 5.14 Å². The molecule has 0 saturated carbocycles. The van der Waals surface area contributed by atoms with Gasteiger partial charge in [0.1, 0.15) is 0 Å².